The smallest absolute Gasteiger partial charge is 0.335 e. The fourth-order valence-corrected chi connectivity index (χ4v) is 1.74. The summed E-state index contributed by atoms with van der Waals surface area (Å²) >= 11 is 0. The van der Waals surface area contributed by atoms with Gasteiger partial charge in [-0.3, -0.25) is 0 Å². The average Bonchev–Trinajstić information content (AvgIpc) is 2.88. The van der Waals surface area contributed by atoms with Crippen molar-refractivity contribution in [2.45, 2.75) is 25.6 Å². The lowest BCUT2D eigenvalue weighted by atomic mass is 10.2. The van der Waals surface area contributed by atoms with Crippen LogP contribution >= 0.6 is 0 Å². The first-order valence-electron chi connectivity index (χ1n) is 6.05. The second-order valence-corrected chi connectivity index (χ2v) is 3.93. The molecule has 104 valence electrons. The van der Waals surface area contributed by atoms with Gasteiger partial charge in [0.25, 0.3) is 0 Å². The van der Waals surface area contributed by atoms with Gasteiger partial charge in [0, 0.05) is 18.7 Å². The summed E-state index contributed by atoms with van der Waals surface area (Å²) in [6.07, 6.45) is 1.20. The third kappa shape index (κ3) is 3.54. The zero-order valence-corrected chi connectivity index (χ0v) is 10.9. The molecule has 1 saturated heterocycles. The molecular formula is C12H16N2O5. The molecule has 0 N–H and O–H groups in total. The van der Waals surface area contributed by atoms with Crippen molar-refractivity contribution in [3.8, 4) is 11.9 Å². The van der Waals surface area contributed by atoms with E-state index in [1.165, 1.54) is 7.11 Å². The fourth-order valence-electron chi connectivity index (χ4n) is 1.74. The van der Waals surface area contributed by atoms with E-state index in [4.69, 9.17) is 18.9 Å². The van der Waals surface area contributed by atoms with Crippen LogP contribution in [0.2, 0.25) is 0 Å². The number of methoxy groups -OCH3 is 1. The molecule has 0 bridgehead atoms. The Kier molecular flexibility index (Phi) is 4.51. The summed E-state index contributed by atoms with van der Waals surface area (Å²) in [7, 11) is 1.48. The Morgan fingerprint density at radius 2 is 2.42 bits per heavy atom. The first-order chi connectivity index (χ1) is 9.22. The van der Waals surface area contributed by atoms with Gasteiger partial charge >= 0.3 is 12.0 Å². The van der Waals surface area contributed by atoms with Crippen molar-refractivity contribution in [1.29, 1.82) is 0 Å². The van der Waals surface area contributed by atoms with Gasteiger partial charge in [0.1, 0.15) is 6.10 Å². The molecule has 1 aliphatic rings. The van der Waals surface area contributed by atoms with Crippen LogP contribution in [0.25, 0.3) is 0 Å². The molecule has 19 heavy (non-hydrogen) atoms. The maximum absolute atomic E-state index is 11.5. The number of carbonyl (C=O) groups is 1. The summed E-state index contributed by atoms with van der Waals surface area (Å²) in [5.41, 5.74) is 0. The minimum Gasteiger partial charge on any atom is -0.472 e. The number of rotatable bonds is 5. The molecule has 2 rings (SSSR count). The van der Waals surface area contributed by atoms with Gasteiger partial charge in [0.15, 0.2) is 6.10 Å². The lowest BCUT2D eigenvalue weighted by molar-refractivity contribution is -0.153. The normalized spacial score (nSPS) is 22.0. The Bertz CT molecular complexity index is 440. The van der Waals surface area contributed by atoms with E-state index in [1.54, 1.807) is 19.2 Å². The Balaban J connectivity index is 1.89. The largest absolute Gasteiger partial charge is 0.472 e. The van der Waals surface area contributed by atoms with Gasteiger partial charge in [-0.2, -0.15) is 4.98 Å². The molecule has 0 radical (unpaired) electrons. The van der Waals surface area contributed by atoms with Crippen molar-refractivity contribution in [3.05, 3.63) is 12.3 Å². The average molecular weight is 268 g/mol. The minimum atomic E-state index is -0.561. The predicted molar refractivity (Wildman–Crippen MR) is 64.0 cm³/mol. The van der Waals surface area contributed by atoms with Gasteiger partial charge in [-0.1, -0.05) is 0 Å². The van der Waals surface area contributed by atoms with Gasteiger partial charge in [-0.25, -0.2) is 9.78 Å². The van der Waals surface area contributed by atoms with Crippen LogP contribution in [0.1, 0.15) is 13.3 Å². The highest BCUT2D eigenvalue weighted by Crippen LogP contribution is 2.20. The topological polar surface area (TPSA) is 79.8 Å². The monoisotopic (exact) mass is 268 g/mol. The van der Waals surface area contributed by atoms with E-state index >= 15 is 0 Å². The van der Waals surface area contributed by atoms with Gasteiger partial charge in [-0.15, -0.1) is 0 Å². The molecule has 1 aromatic heterocycles. The molecule has 7 heteroatoms. The van der Waals surface area contributed by atoms with Crippen molar-refractivity contribution in [2.75, 3.05) is 20.3 Å². The second-order valence-electron chi connectivity index (χ2n) is 3.93. The predicted octanol–water partition coefficient (Wildman–Crippen LogP) is 0.585. The van der Waals surface area contributed by atoms with E-state index in [-0.39, 0.29) is 18.1 Å². The molecule has 0 amide bonds. The quantitative estimate of drug-likeness (QED) is 0.723. The fraction of sp³-hybridized carbons (Fsp3) is 0.583. The highest BCUT2D eigenvalue weighted by Gasteiger charge is 2.33. The van der Waals surface area contributed by atoms with Gasteiger partial charge in [-0.05, 0) is 6.92 Å². The lowest BCUT2D eigenvalue weighted by Gasteiger charge is -2.11. The SMILES string of the molecule is CCOC(=O)[C@H]1C[C@H](Oc2ccnc(OC)n2)CO1. The zero-order chi connectivity index (χ0) is 13.7. The molecule has 0 saturated carbocycles. The summed E-state index contributed by atoms with van der Waals surface area (Å²) in [6, 6.07) is 1.86. The number of esters is 1. The zero-order valence-electron chi connectivity index (χ0n) is 10.9. The minimum absolute atomic E-state index is 0.228. The number of aromatic nitrogens is 2. The van der Waals surface area contributed by atoms with Crippen molar-refractivity contribution in [3.63, 3.8) is 0 Å². The van der Waals surface area contributed by atoms with Gasteiger partial charge < -0.3 is 18.9 Å². The van der Waals surface area contributed by atoms with Crippen LogP contribution in [-0.4, -0.2) is 48.5 Å². The van der Waals surface area contributed by atoms with E-state index < -0.39 is 6.10 Å². The second kappa shape index (κ2) is 6.33. The third-order valence-electron chi connectivity index (χ3n) is 2.59. The Morgan fingerprint density at radius 3 is 3.16 bits per heavy atom. The van der Waals surface area contributed by atoms with Crippen molar-refractivity contribution < 1.29 is 23.7 Å². The van der Waals surface area contributed by atoms with Crippen LogP contribution in [0.5, 0.6) is 11.9 Å². The summed E-state index contributed by atoms with van der Waals surface area (Å²) in [4.78, 5) is 19.4. The molecular weight excluding hydrogens is 252 g/mol. The summed E-state index contributed by atoms with van der Waals surface area (Å²) in [5.74, 6) is 0.0406. The molecule has 2 atom stereocenters. The standard InChI is InChI=1S/C12H16N2O5/c1-3-17-11(15)9-6-8(7-18-9)19-10-4-5-13-12(14-10)16-2/h4-5,8-9H,3,6-7H2,1-2H3/t8-,9+/m0/s1. The maximum Gasteiger partial charge on any atom is 0.335 e. The molecule has 7 nitrogen and oxygen atoms in total. The molecule has 1 aliphatic heterocycles. The molecule has 0 aliphatic carbocycles. The maximum atomic E-state index is 11.5. The van der Waals surface area contributed by atoms with E-state index in [2.05, 4.69) is 9.97 Å². The van der Waals surface area contributed by atoms with Crippen LogP contribution < -0.4 is 9.47 Å². The van der Waals surface area contributed by atoms with E-state index in [9.17, 15) is 4.79 Å². The van der Waals surface area contributed by atoms with Crippen LogP contribution in [0.15, 0.2) is 12.3 Å². The van der Waals surface area contributed by atoms with Crippen LogP contribution in [0, 0.1) is 0 Å². The molecule has 0 spiro atoms. The van der Waals surface area contributed by atoms with Crippen molar-refractivity contribution >= 4 is 5.97 Å². The molecule has 0 aromatic carbocycles. The number of hydrogen-bond donors (Lipinski definition) is 0. The summed E-state index contributed by atoms with van der Waals surface area (Å²) < 4.78 is 20.7. The molecule has 2 heterocycles. The van der Waals surface area contributed by atoms with Crippen molar-refractivity contribution in [2.24, 2.45) is 0 Å². The number of carbonyl (C=O) groups excluding carboxylic acids is 1. The van der Waals surface area contributed by atoms with Crippen molar-refractivity contribution in [1.82, 2.24) is 9.97 Å². The Morgan fingerprint density at radius 1 is 1.58 bits per heavy atom. The number of nitrogens with zero attached hydrogens (tertiary/aromatic N) is 2. The van der Waals surface area contributed by atoms with E-state index in [1.807, 2.05) is 0 Å². The highest BCUT2D eigenvalue weighted by atomic mass is 16.6. The molecule has 1 aromatic rings. The van der Waals surface area contributed by atoms with E-state index in [0.29, 0.717) is 25.5 Å². The van der Waals surface area contributed by atoms with Crippen LogP contribution in [-0.2, 0) is 14.3 Å². The van der Waals surface area contributed by atoms with Gasteiger partial charge in [0.2, 0.25) is 5.88 Å². The number of hydrogen-bond acceptors (Lipinski definition) is 7. The Labute approximate surface area is 110 Å². The Hall–Kier alpha value is -1.89. The molecule has 1 fully saturated rings. The highest BCUT2D eigenvalue weighted by molar-refractivity contribution is 5.75. The van der Waals surface area contributed by atoms with E-state index in [0.717, 1.165) is 0 Å². The lowest BCUT2D eigenvalue weighted by Crippen LogP contribution is -2.23. The van der Waals surface area contributed by atoms with Crippen LogP contribution in [0.4, 0.5) is 0 Å². The first kappa shape index (κ1) is 13.5. The van der Waals surface area contributed by atoms with Crippen LogP contribution in [0.3, 0.4) is 0 Å². The first-order valence-corrected chi connectivity index (χ1v) is 6.05. The van der Waals surface area contributed by atoms with Gasteiger partial charge in [0.05, 0.1) is 20.3 Å². The summed E-state index contributed by atoms with van der Waals surface area (Å²) in [5, 5.41) is 0. The molecule has 0 unspecified atom stereocenters. The number of ether oxygens (including phenoxy) is 4. The summed E-state index contributed by atoms with van der Waals surface area (Å²) in [6.45, 7) is 2.43. The third-order valence-corrected chi connectivity index (χ3v) is 2.59.